The standard InChI is InChI=1S/C13H16N4O/c1-8-5-9(2)11(10(3)6-8)12(18)15-13-16-14-7-17(13)4/h5-7H,1-4H3,(H,15,16,18). The summed E-state index contributed by atoms with van der Waals surface area (Å²) in [4.78, 5) is 12.2. The van der Waals surface area contributed by atoms with Gasteiger partial charge in [-0.15, -0.1) is 10.2 Å². The lowest BCUT2D eigenvalue weighted by molar-refractivity contribution is 0.102. The van der Waals surface area contributed by atoms with Crippen LogP contribution in [0, 0.1) is 20.8 Å². The van der Waals surface area contributed by atoms with Crippen LogP contribution in [0.2, 0.25) is 0 Å². The van der Waals surface area contributed by atoms with Crippen molar-refractivity contribution < 1.29 is 4.79 Å². The van der Waals surface area contributed by atoms with E-state index in [9.17, 15) is 4.79 Å². The summed E-state index contributed by atoms with van der Waals surface area (Å²) in [6, 6.07) is 4.00. The van der Waals surface area contributed by atoms with Gasteiger partial charge in [0.25, 0.3) is 5.91 Å². The monoisotopic (exact) mass is 244 g/mol. The van der Waals surface area contributed by atoms with Crippen LogP contribution >= 0.6 is 0 Å². The quantitative estimate of drug-likeness (QED) is 0.878. The number of carbonyl (C=O) groups excluding carboxylic acids is 1. The molecule has 0 aliphatic carbocycles. The predicted molar refractivity (Wildman–Crippen MR) is 69.6 cm³/mol. The second-order valence-electron chi connectivity index (χ2n) is 4.49. The normalized spacial score (nSPS) is 10.4. The topological polar surface area (TPSA) is 59.8 Å². The van der Waals surface area contributed by atoms with Crippen LogP contribution in [0.3, 0.4) is 0 Å². The predicted octanol–water partition coefficient (Wildman–Crippen LogP) is 1.99. The van der Waals surface area contributed by atoms with Gasteiger partial charge in [-0.25, -0.2) is 0 Å². The highest BCUT2D eigenvalue weighted by Gasteiger charge is 2.14. The van der Waals surface area contributed by atoms with Gasteiger partial charge in [0.05, 0.1) is 0 Å². The molecule has 2 aromatic rings. The number of amides is 1. The Morgan fingerprint density at radius 3 is 2.33 bits per heavy atom. The van der Waals surface area contributed by atoms with Gasteiger partial charge in [-0.2, -0.15) is 0 Å². The van der Waals surface area contributed by atoms with Gasteiger partial charge in [0, 0.05) is 12.6 Å². The molecule has 18 heavy (non-hydrogen) atoms. The van der Waals surface area contributed by atoms with Gasteiger partial charge in [0.2, 0.25) is 5.95 Å². The van der Waals surface area contributed by atoms with Gasteiger partial charge in [0.15, 0.2) is 0 Å². The van der Waals surface area contributed by atoms with Crippen LogP contribution in [0.5, 0.6) is 0 Å². The van der Waals surface area contributed by atoms with Crippen molar-refractivity contribution in [3.63, 3.8) is 0 Å². The SMILES string of the molecule is Cc1cc(C)c(C(=O)Nc2nncn2C)c(C)c1. The minimum Gasteiger partial charge on any atom is -0.303 e. The molecule has 0 aliphatic heterocycles. The third kappa shape index (κ3) is 2.25. The third-order valence-electron chi connectivity index (χ3n) is 2.84. The molecule has 1 amide bonds. The number of nitrogens with zero attached hydrogens (tertiary/aromatic N) is 3. The fraction of sp³-hybridized carbons (Fsp3) is 0.308. The van der Waals surface area contributed by atoms with E-state index >= 15 is 0 Å². The van der Waals surface area contributed by atoms with Crippen molar-refractivity contribution in [3.8, 4) is 0 Å². The van der Waals surface area contributed by atoms with Crippen molar-refractivity contribution >= 4 is 11.9 Å². The van der Waals surface area contributed by atoms with Crippen molar-refractivity contribution in [2.45, 2.75) is 20.8 Å². The highest BCUT2D eigenvalue weighted by Crippen LogP contribution is 2.17. The molecule has 5 heteroatoms. The summed E-state index contributed by atoms with van der Waals surface area (Å²) in [6.45, 7) is 5.89. The highest BCUT2D eigenvalue weighted by atomic mass is 16.1. The maximum Gasteiger partial charge on any atom is 0.258 e. The minimum absolute atomic E-state index is 0.152. The molecule has 1 aromatic heterocycles. The Kier molecular flexibility index (Phi) is 3.14. The first-order valence-corrected chi connectivity index (χ1v) is 5.72. The molecule has 0 radical (unpaired) electrons. The van der Waals surface area contributed by atoms with Crippen LogP contribution in [-0.4, -0.2) is 20.7 Å². The molecular formula is C13H16N4O. The summed E-state index contributed by atoms with van der Waals surface area (Å²) in [5, 5.41) is 10.3. The van der Waals surface area contributed by atoms with Crippen LogP contribution in [0.4, 0.5) is 5.95 Å². The summed E-state index contributed by atoms with van der Waals surface area (Å²) in [5.41, 5.74) is 3.78. The Balaban J connectivity index is 2.33. The molecule has 1 heterocycles. The van der Waals surface area contributed by atoms with Gasteiger partial charge < -0.3 is 4.57 Å². The lowest BCUT2D eigenvalue weighted by atomic mass is 9.99. The molecule has 0 spiro atoms. The molecule has 0 saturated heterocycles. The number of aryl methyl sites for hydroxylation is 4. The van der Waals surface area contributed by atoms with Crippen molar-refractivity contribution in [1.82, 2.24) is 14.8 Å². The Hall–Kier alpha value is -2.17. The summed E-state index contributed by atoms with van der Waals surface area (Å²) < 4.78 is 1.66. The molecule has 0 saturated carbocycles. The first-order chi connectivity index (χ1) is 8.49. The number of nitrogens with one attached hydrogen (secondary N) is 1. The molecule has 0 atom stereocenters. The maximum atomic E-state index is 12.2. The molecule has 94 valence electrons. The molecule has 2 rings (SSSR count). The zero-order valence-electron chi connectivity index (χ0n) is 11.0. The number of carbonyl (C=O) groups is 1. The second kappa shape index (κ2) is 4.60. The number of hydrogen-bond acceptors (Lipinski definition) is 3. The van der Waals surface area contributed by atoms with Gasteiger partial charge in [-0.3, -0.25) is 10.1 Å². The zero-order chi connectivity index (χ0) is 13.3. The van der Waals surface area contributed by atoms with Crippen LogP contribution in [0.1, 0.15) is 27.0 Å². The molecular weight excluding hydrogens is 228 g/mol. The molecule has 1 N–H and O–H groups in total. The van der Waals surface area contributed by atoms with E-state index < -0.39 is 0 Å². The van der Waals surface area contributed by atoms with E-state index in [2.05, 4.69) is 15.5 Å². The van der Waals surface area contributed by atoms with E-state index in [0.29, 0.717) is 11.5 Å². The van der Waals surface area contributed by atoms with E-state index in [4.69, 9.17) is 0 Å². The van der Waals surface area contributed by atoms with Crippen LogP contribution in [0.25, 0.3) is 0 Å². The Morgan fingerprint density at radius 2 is 1.83 bits per heavy atom. The van der Waals surface area contributed by atoms with Crippen LogP contribution in [0.15, 0.2) is 18.5 Å². The minimum atomic E-state index is -0.152. The first-order valence-electron chi connectivity index (χ1n) is 5.72. The molecule has 1 aromatic carbocycles. The van der Waals surface area contributed by atoms with E-state index in [-0.39, 0.29) is 5.91 Å². The summed E-state index contributed by atoms with van der Waals surface area (Å²) >= 11 is 0. The third-order valence-corrected chi connectivity index (χ3v) is 2.84. The summed E-state index contributed by atoms with van der Waals surface area (Å²) in [7, 11) is 1.78. The van der Waals surface area contributed by atoms with E-state index in [1.54, 1.807) is 17.9 Å². The molecule has 0 unspecified atom stereocenters. The molecule has 0 aliphatic rings. The van der Waals surface area contributed by atoms with E-state index in [1.165, 1.54) is 0 Å². The Labute approximate surface area is 106 Å². The fourth-order valence-corrected chi connectivity index (χ4v) is 2.10. The van der Waals surface area contributed by atoms with E-state index in [0.717, 1.165) is 16.7 Å². The number of hydrogen-bond donors (Lipinski definition) is 1. The van der Waals surface area contributed by atoms with Gasteiger partial charge in [-0.1, -0.05) is 17.7 Å². The lowest BCUT2D eigenvalue weighted by Gasteiger charge is -2.11. The van der Waals surface area contributed by atoms with Crippen molar-refractivity contribution in [2.24, 2.45) is 7.05 Å². The van der Waals surface area contributed by atoms with Gasteiger partial charge in [0.1, 0.15) is 6.33 Å². The number of anilines is 1. The van der Waals surface area contributed by atoms with Crippen molar-refractivity contribution in [1.29, 1.82) is 0 Å². The van der Waals surface area contributed by atoms with Crippen LogP contribution in [-0.2, 0) is 7.05 Å². The smallest absolute Gasteiger partial charge is 0.258 e. The first kappa shape index (κ1) is 12.3. The second-order valence-corrected chi connectivity index (χ2v) is 4.49. The Bertz CT molecular complexity index is 578. The van der Waals surface area contributed by atoms with Crippen molar-refractivity contribution in [2.75, 3.05) is 5.32 Å². The lowest BCUT2D eigenvalue weighted by Crippen LogP contribution is -2.17. The van der Waals surface area contributed by atoms with Crippen molar-refractivity contribution in [3.05, 3.63) is 40.7 Å². The molecule has 0 bridgehead atoms. The number of benzene rings is 1. The largest absolute Gasteiger partial charge is 0.303 e. The zero-order valence-corrected chi connectivity index (χ0v) is 11.0. The summed E-state index contributed by atoms with van der Waals surface area (Å²) in [6.07, 6.45) is 1.55. The summed E-state index contributed by atoms with van der Waals surface area (Å²) in [5.74, 6) is 0.292. The fourth-order valence-electron chi connectivity index (χ4n) is 2.10. The average molecular weight is 244 g/mol. The van der Waals surface area contributed by atoms with E-state index in [1.807, 2.05) is 32.9 Å². The van der Waals surface area contributed by atoms with Gasteiger partial charge in [-0.05, 0) is 31.9 Å². The van der Waals surface area contributed by atoms with Crippen LogP contribution < -0.4 is 5.32 Å². The average Bonchev–Trinajstić information content (AvgIpc) is 2.62. The number of aromatic nitrogens is 3. The van der Waals surface area contributed by atoms with Gasteiger partial charge >= 0.3 is 0 Å². The highest BCUT2D eigenvalue weighted by molar-refractivity contribution is 6.05. The molecule has 5 nitrogen and oxygen atoms in total. The number of rotatable bonds is 2. The molecule has 0 fully saturated rings. The Morgan fingerprint density at radius 1 is 1.22 bits per heavy atom. The maximum absolute atomic E-state index is 12.2.